The molecule has 0 aromatic heterocycles. The topological polar surface area (TPSA) is 85.1 Å². The van der Waals surface area contributed by atoms with Gasteiger partial charge in [-0.05, 0) is 31.1 Å². The molecule has 0 spiro atoms. The minimum absolute atomic E-state index is 0.291. The van der Waals surface area contributed by atoms with Gasteiger partial charge in [0.05, 0.1) is 32.8 Å². The van der Waals surface area contributed by atoms with E-state index in [2.05, 4.69) is 15.1 Å². The molecule has 27 heavy (non-hydrogen) atoms. The Balaban J connectivity index is 2.08. The second-order valence-corrected chi connectivity index (χ2v) is 5.79. The van der Waals surface area contributed by atoms with Gasteiger partial charge in [-0.1, -0.05) is 13.8 Å². The summed E-state index contributed by atoms with van der Waals surface area (Å²) in [5, 5.41) is 6.06. The summed E-state index contributed by atoms with van der Waals surface area (Å²) in [7, 11) is 4.61. The third kappa shape index (κ3) is 3.18. The van der Waals surface area contributed by atoms with Crippen LogP contribution in [0.1, 0.15) is 32.3 Å². The number of rotatable bonds is 6. The maximum Gasteiger partial charge on any atom is 0.299 e. The van der Waals surface area contributed by atoms with E-state index >= 15 is 0 Å². The van der Waals surface area contributed by atoms with Crippen molar-refractivity contribution in [1.82, 2.24) is 5.01 Å². The Morgan fingerprint density at radius 3 is 2.26 bits per heavy atom. The molecule has 0 saturated heterocycles. The smallest absolute Gasteiger partial charge is 0.299 e. The van der Waals surface area contributed by atoms with E-state index in [1.807, 2.05) is 13.8 Å². The van der Waals surface area contributed by atoms with Gasteiger partial charge in [-0.25, -0.2) is 4.99 Å². The van der Waals surface area contributed by atoms with Gasteiger partial charge < -0.3 is 14.2 Å². The summed E-state index contributed by atoms with van der Waals surface area (Å²) >= 11 is 0. The number of methoxy groups -OCH3 is 3. The first kappa shape index (κ1) is 18.6. The normalized spacial score (nSPS) is 17.4. The molecular weight excluding hydrogens is 348 g/mol. The molecule has 0 saturated carbocycles. The molecule has 3 rings (SSSR count). The van der Waals surface area contributed by atoms with Crippen molar-refractivity contribution in [3.63, 3.8) is 0 Å². The van der Waals surface area contributed by atoms with Crippen molar-refractivity contribution in [3.8, 4) is 17.2 Å². The number of benzene rings is 1. The molecule has 0 unspecified atom stereocenters. The summed E-state index contributed by atoms with van der Waals surface area (Å²) < 4.78 is 16.2. The SMILES string of the molecule is CCC1=NC2=NC(=O)C(=Cc3ccc(OC)c(OC)c3OC)N2N=C1CC. The van der Waals surface area contributed by atoms with Crippen LogP contribution in [0.25, 0.3) is 6.08 Å². The van der Waals surface area contributed by atoms with Crippen molar-refractivity contribution in [2.24, 2.45) is 15.1 Å². The number of nitrogens with zero attached hydrogens (tertiary/aromatic N) is 4. The fraction of sp³-hybridized carbons (Fsp3) is 0.368. The van der Waals surface area contributed by atoms with Crippen LogP contribution in [0.15, 0.2) is 32.9 Å². The number of fused-ring (bicyclic) bond motifs is 1. The second kappa shape index (κ2) is 7.61. The first-order valence-electron chi connectivity index (χ1n) is 8.67. The summed E-state index contributed by atoms with van der Waals surface area (Å²) in [6, 6.07) is 3.53. The summed E-state index contributed by atoms with van der Waals surface area (Å²) in [5.74, 6) is 1.33. The van der Waals surface area contributed by atoms with E-state index in [9.17, 15) is 4.79 Å². The third-order valence-corrected chi connectivity index (χ3v) is 4.32. The fourth-order valence-electron chi connectivity index (χ4n) is 2.99. The maximum atomic E-state index is 12.5. The number of amides is 1. The predicted octanol–water partition coefficient (Wildman–Crippen LogP) is 2.88. The van der Waals surface area contributed by atoms with Gasteiger partial charge in [0.25, 0.3) is 11.9 Å². The van der Waals surface area contributed by atoms with Crippen molar-refractivity contribution in [2.45, 2.75) is 26.7 Å². The van der Waals surface area contributed by atoms with E-state index < -0.39 is 5.91 Å². The Kier molecular flexibility index (Phi) is 5.25. The van der Waals surface area contributed by atoms with Crippen LogP contribution in [-0.4, -0.2) is 49.6 Å². The summed E-state index contributed by atoms with van der Waals surface area (Å²) in [6.45, 7) is 4.01. The number of carbonyl (C=O) groups is 1. The molecule has 1 aromatic carbocycles. The van der Waals surface area contributed by atoms with Crippen LogP contribution in [0.4, 0.5) is 0 Å². The largest absolute Gasteiger partial charge is 0.493 e. The fourth-order valence-corrected chi connectivity index (χ4v) is 2.99. The lowest BCUT2D eigenvalue weighted by Gasteiger charge is -2.21. The van der Waals surface area contributed by atoms with Crippen molar-refractivity contribution < 1.29 is 19.0 Å². The Labute approximate surface area is 157 Å². The Bertz CT molecular complexity index is 899. The van der Waals surface area contributed by atoms with E-state index in [4.69, 9.17) is 14.2 Å². The molecule has 1 amide bonds. The van der Waals surface area contributed by atoms with Crippen molar-refractivity contribution >= 4 is 29.4 Å². The van der Waals surface area contributed by atoms with E-state index in [1.165, 1.54) is 19.2 Å². The van der Waals surface area contributed by atoms with Gasteiger partial charge in [0.15, 0.2) is 11.5 Å². The third-order valence-electron chi connectivity index (χ3n) is 4.32. The van der Waals surface area contributed by atoms with Gasteiger partial charge in [0, 0.05) is 5.56 Å². The monoisotopic (exact) mass is 370 g/mol. The lowest BCUT2D eigenvalue weighted by molar-refractivity contribution is -0.114. The van der Waals surface area contributed by atoms with E-state index in [0.29, 0.717) is 34.5 Å². The molecule has 1 aromatic rings. The van der Waals surface area contributed by atoms with Crippen LogP contribution in [0.5, 0.6) is 17.2 Å². The molecule has 2 aliphatic heterocycles. The lowest BCUT2D eigenvalue weighted by Crippen LogP contribution is -2.30. The number of carbonyl (C=O) groups excluding carboxylic acids is 1. The van der Waals surface area contributed by atoms with E-state index in [0.717, 1.165) is 24.3 Å². The number of hydrazone groups is 1. The Morgan fingerprint density at radius 2 is 1.67 bits per heavy atom. The van der Waals surface area contributed by atoms with Crippen molar-refractivity contribution in [1.29, 1.82) is 0 Å². The molecule has 0 bridgehead atoms. The molecule has 2 heterocycles. The van der Waals surface area contributed by atoms with Gasteiger partial charge >= 0.3 is 0 Å². The highest BCUT2D eigenvalue weighted by Crippen LogP contribution is 2.41. The van der Waals surface area contributed by atoms with E-state index in [-0.39, 0.29) is 0 Å². The Morgan fingerprint density at radius 1 is 0.963 bits per heavy atom. The maximum absolute atomic E-state index is 12.5. The van der Waals surface area contributed by atoms with Crippen LogP contribution in [-0.2, 0) is 4.79 Å². The van der Waals surface area contributed by atoms with Crippen LogP contribution in [0.2, 0.25) is 0 Å². The average molecular weight is 370 g/mol. The zero-order valence-electron chi connectivity index (χ0n) is 16.1. The highest BCUT2D eigenvalue weighted by Gasteiger charge is 2.33. The molecule has 0 N–H and O–H groups in total. The number of guanidine groups is 1. The van der Waals surface area contributed by atoms with Gasteiger partial charge in [-0.2, -0.15) is 15.1 Å². The van der Waals surface area contributed by atoms with Gasteiger partial charge in [0.2, 0.25) is 5.75 Å². The lowest BCUT2D eigenvalue weighted by atomic mass is 10.1. The molecule has 2 aliphatic rings. The number of hydrogen-bond acceptors (Lipinski definition) is 7. The number of hydrogen-bond donors (Lipinski definition) is 0. The van der Waals surface area contributed by atoms with Gasteiger partial charge in [0.1, 0.15) is 5.70 Å². The highest BCUT2D eigenvalue weighted by atomic mass is 16.5. The standard InChI is InChI=1S/C19H22N4O4/c1-6-12-13(7-2)22-23-14(18(24)21-19(23)20-12)10-11-8-9-15(25-3)17(27-5)16(11)26-4/h8-10H,6-7H2,1-5H3. The first-order valence-corrected chi connectivity index (χ1v) is 8.67. The molecule has 0 atom stereocenters. The second-order valence-electron chi connectivity index (χ2n) is 5.79. The quantitative estimate of drug-likeness (QED) is 0.719. The minimum atomic E-state index is -0.401. The van der Waals surface area contributed by atoms with Crippen molar-refractivity contribution in [2.75, 3.05) is 21.3 Å². The first-order chi connectivity index (χ1) is 13.1. The summed E-state index contributed by atoms with van der Waals surface area (Å²) in [6.07, 6.45) is 3.12. The molecular formula is C19H22N4O4. The minimum Gasteiger partial charge on any atom is -0.493 e. The van der Waals surface area contributed by atoms with Crippen LogP contribution in [0, 0.1) is 0 Å². The zero-order chi connectivity index (χ0) is 19.6. The molecule has 8 nitrogen and oxygen atoms in total. The van der Waals surface area contributed by atoms with Crippen molar-refractivity contribution in [3.05, 3.63) is 23.4 Å². The van der Waals surface area contributed by atoms with Crippen LogP contribution < -0.4 is 14.2 Å². The Hall–Kier alpha value is -3.16. The number of aliphatic imine (C=N–C) groups is 2. The molecule has 142 valence electrons. The van der Waals surface area contributed by atoms with Gasteiger partial charge in [-0.3, -0.25) is 4.79 Å². The molecule has 8 heteroatoms. The summed E-state index contributed by atoms with van der Waals surface area (Å²) in [4.78, 5) is 21.0. The van der Waals surface area contributed by atoms with Crippen LogP contribution >= 0.6 is 0 Å². The van der Waals surface area contributed by atoms with E-state index in [1.54, 1.807) is 25.3 Å². The average Bonchev–Trinajstić information content (AvgIpc) is 3.00. The van der Waals surface area contributed by atoms with Crippen LogP contribution in [0.3, 0.4) is 0 Å². The summed E-state index contributed by atoms with van der Waals surface area (Å²) in [5.41, 5.74) is 2.65. The molecule has 0 fully saturated rings. The number of ether oxygens (including phenoxy) is 3. The molecule has 0 aliphatic carbocycles. The highest BCUT2D eigenvalue weighted by molar-refractivity contribution is 6.45. The van der Waals surface area contributed by atoms with Gasteiger partial charge in [-0.15, -0.1) is 0 Å². The zero-order valence-corrected chi connectivity index (χ0v) is 16.1. The predicted molar refractivity (Wildman–Crippen MR) is 104 cm³/mol. The molecule has 0 radical (unpaired) electrons.